The monoisotopic (exact) mass is 191 g/mol. The van der Waals surface area contributed by atoms with Crippen molar-refractivity contribution in [3.63, 3.8) is 0 Å². The van der Waals surface area contributed by atoms with Crippen molar-refractivity contribution in [3.05, 3.63) is 6.26 Å². The van der Waals surface area contributed by atoms with Crippen molar-refractivity contribution >= 4 is 10.5 Å². The molecule has 2 nitrogen and oxygen atoms in total. The van der Waals surface area contributed by atoms with Crippen LogP contribution in [0.4, 0.5) is 0 Å². The van der Waals surface area contributed by atoms with E-state index in [2.05, 4.69) is 4.72 Å². The molecule has 1 unspecified atom stereocenters. The SMILES string of the molecule is [CH]S(O)(NC(C)(C)C)C(C)(C)C. The van der Waals surface area contributed by atoms with Gasteiger partial charge in [-0.25, -0.2) is 0 Å². The van der Waals surface area contributed by atoms with Crippen LogP contribution in [0.3, 0.4) is 0 Å². The van der Waals surface area contributed by atoms with Gasteiger partial charge in [0, 0.05) is 10.3 Å². The molecule has 0 saturated heterocycles. The van der Waals surface area contributed by atoms with Crippen molar-refractivity contribution < 1.29 is 4.55 Å². The molecule has 0 aromatic heterocycles. The molecule has 2 radical (unpaired) electrons. The lowest BCUT2D eigenvalue weighted by atomic mass is 10.1. The Bertz CT molecular complexity index is 153. The fraction of sp³-hybridized carbons (Fsp3) is 0.889. The second kappa shape index (κ2) is 3.20. The van der Waals surface area contributed by atoms with Crippen LogP contribution in [0, 0.1) is 6.26 Å². The molecule has 0 aliphatic rings. The van der Waals surface area contributed by atoms with Gasteiger partial charge in [0.1, 0.15) is 0 Å². The highest BCUT2D eigenvalue weighted by Gasteiger charge is 2.33. The first-order valence-electron chi connectivity index (χ1n) is 4.08. The minimum Gasteiger partial charge on any atom is -0.337 e. The third-order valence-corrected chi connectivity index (χ3v) is 4.19. The number of nitrogens with one attached hydrogen (secondary N) is 1. The Morgan fingerprint density at radius 2 is 1.42 bits per heavy atom. The summed E-state index contributed by atoms with van der Waals surface area (Å²) in [6.07, 6.45) is 5.81. The normalized spacial score (nSPS) is 21.7. The molecule has 0 fully saturated rings. The van der Waals surface area contributed by atoms with Crippen LogP contribution in [-0.4, -0.2) is 14.8 Å². The number of hydrogen-bond acceptors (Lipinski definition) is 2. The van der Waals surface area contributed by atoms with Gasteiger partial charge in [0.15, 0.2) is 0 Å². The maximum atomic E-state index is 9.94. The van der Waals surface area contributed by atoms with Crippen molar-refractivity contribution in [1.82, 2.24) is 4.72 Å². The van der Waals surface area contributed by atoms with E-state index >= 15 is 0 Å². The quantitative estimate of drug-likeness (QED) is 0.667. The van der Waals surface area contributed by atoms with E-state index in [4.69, 9.17) is 6.26 Å². The smallest absolute Gasteiger partial charge is 0.0527 e. The minimum absolute atomic E-state index is 0.147. The Hall–Kier alpha value is 0.270. The molecule has 0 amide bonds. The van der Waals surface area contributed by atoms with Crippen molar-refractivity contribution in [3.8, 4) is 0 Å². The fourth-order valence-corrected chi connectivity index (χ4v) is 1.86. The second-order valence-electron chi connectivity index (χ2n) is 5.09. The predicted molar refractivity (Wildman–Crippen MR) is 57.2 cm³/mol. The molecule has 12 heavy (non-hydrogen) atoms. The summed E-state index contributed by atoms with van der Waals surface area (Å²) >= 11 is 0. The van der Waals surface area contributed by atoms with E-state index in [9.17, 15) is 4.55 Å². The van der Waals surface area contributed by atoms with Gasteiger partial charge in [0.05, 0.1) is 6.26 Å². The second-order valence-corrected chi connectivity index (χ2v) is 7.77. The molecule has 0 aliphatic heterocycles. The van der Waals surface area contributed by atoms with Gasteiger partial charge in [-0.05, 0) is 41.5 Å². The van der Waals surface area contributed by atoms with Gasteiger partial charge in [0.25, 0.3) is 0 Å². The van der Waals surface area contributed by atoms with Crippen molar-refractivity contribution in [2.75, 3.05) is 0 Å². The molecule has 0 aliphatic carbocycles. The molecule has 1 atom stereocenters. The number of rotatable bonds is 1. The average Bonchev–Trinajstić information content (AvgIpc) is 1.52. The lowest BCUT2D eigenvalue weighted by Gasteiger charge is -2.46. The van der Waals surface area contributed by atoms with Crippen LogP contribution in [0.2, 0.25) is 0 Å². The molecule has 0 aromatic carbocycles. The molecule has 0 bridgehead atoms. The molecule has 0 aromatic rings. The highest BCUT2D eigenvalue weighted by Crippen LogP contribution is 2.51. The van der Waals surface area contributed by atoms with E-state index in [0.29, 0.717) is 0 Å². The zero-order chi connectivity index (χ0) is 10.2. The van der Waals surface area contributed by atoms with Crippen molar-refractivity contribution in [2.45, 2.75) is 51.8 Å². The molecule has 74 valence electrons. The highest BCUT2D eigenvalue weighted by atomic mass is 32.3. The zero-order valence-electron chi connectivity index (χ0n) is 8.93. The first-order chi connectivity index (χ1) is 4.96. The maximum absolute atomic E-state index is 9.94. The summed E-state index contributed by atoms with van der Waals surface area (Å²) in [4.78, 5) is 0. The Labute approximate surface area is 78.4 Å². The number of hydrogen-bond donors (Lipinski definition) is 2. The largest absolute Gasteiger partial charge is 0.337 e. The zero-order valence-corrected chi connectivity index (χ0v) is 9.75. The van der Waals surface area contributed by atoms with Crippen LogP contribution >= 0.6 is 10.5 Å². The molecule has 0 heterocycles. The predicted octanol–water partition coefficient (Wildman–Crippen LogP) is 3.03. The Morgan fingerprint density at radius 1 is 1.08 bits per heavy atom. The third-order valence-electron chi connectivity index (χ3n) is 1.40. The van der Waals surface area contributed by atoms with Gasteiger partial charge in [-0.1, -0.05) is 10.5 Å². The fourth-order valence-electron chi connectivity index (χ4n) is 0.620. The van der Waals surface area contributed by atoms with E-state index in [1.165, 1.54) is 0 Å². The van der Waals surface area contributed by atoms with E-state index in [-0.39, 0.29) is 10.3 Å². The van der Waals surface area contributed by atoms with Crippen molar-refractivity contribution in [1.29, 1.82) is 0 Å². The first-order valence-corrected chi connectivity index (χ1v) is 5.73. The van der Waals surface area contributed by atoms with E-state index in [1.807, 2.05) is 41.5 Å². The molecule has 0 saturated carbocycles. The summed E-state index contributed by atoms with van der Waals surface area (Å²) in [5, 5.41) is 0. The van der Waals surface area contributed by atoms with E-state index < -0.39 is 10.5 Å². The Balaban J connectivity index is 4.44. The van der Waals surface area contributed by atoms with Gasteiger partial charge >= 0.3 is 0 Å². The Morgan fingerprint density at radius 3 is 1.50 bits per heavy atom. The van der Waals surface area contributed by atoms with E-state index in [0.717, 1.165) is 0 Å². The lowest BCUT2D eigenvalue weighted by Crippen LogP contribution is -2.43. The topological polar surface area (TPSA) is 32.3 Å². The average molecular weight is 191 g/mol. The third kappa shape index (κ3) is 3.78. The van der Waals surface area contributed by atoms with Gasteiger partial charge < -0.3 is 4.55 Å². The first kappa shape index (κ1) is 12.3. The van der Waals surface area contributed by atoms with Gasteiger partial charge in [-0.15, -0.1) is 0 Å². The summed E-state index contributed by atoms with van der Waals surface area (Å²) < 4.78 is 12.7. The van der Waals surface area contributed by atoms with Crippen LogP contribution in [0.25, 0.3) is 0 Å². The van der Waals surface area contributed by atoms with E-state index in [1.54, 1.807) is 0 Å². The van der Waals surface area contributed by atoms with Crippen LogP contribution in [0.1, 0.15) is 41.5 Å². The van der Waals surface area contributed by atoms with Crippen LogP contribution in [0.15, 0.2) is 0 Å². The summed E-state index contributed by atoms with van der Waals surface area (Å²) in [5.74, 6) is 0. The minimum atomic E-state index is -2.21. The summed E-state index contributed by atoms with van der Waals surface area (Å²) in [7, 11) is -2.21. The van der Waals surface area contributed by atoms with Crippen LogP contribution in [-0.2, 0) is 0 Å². The lowest BCUT2D eigenvalue weighted by molar-refractivity contribution is 0.481. The molecule has 3 heteroatoms. The van der Waals surface area contributed by atoms with Gasteiger partial charge in [-0.2, -0.15) is 0 Å². The molecule has 2 N–H and O–H groups in total. The maximum Gasteiger partial charge on any atom is 0.0527 e. The molecular formula is C9H21NOS. The van der Waals surface area contributed by atoms with Gasteiger partial charge in [-0.3, -0.25) is 4.72 Å². The highest BCUT2D eigenvalue weighted by molar-refractivity contribution is 8.29. The van der Waals surface area contributed by atoms with Crippen LogP contribution < -0.4 is 4.72 Å². The summed E-state index contributed by atoms with van der Waals surface area (Å²) in [6.45, 7) is 11.8. The molecule has 0 rings (SSSR count). The molecular weight excluding hydrogens is 170 g/mol. The summed E-state index contributed by atoms with van der Waals surface area (Å²) in [5.41, 5.74) is -0.147. The van der Waals surface area contributed by atoms with Crippen molar-refractivity contribution in [2.24, 2.45) is 0 Å². The van der Waals surface area contributed by atoms with Gasteiger partial charge in [0.2, 0.25) is 0 Å². The summed E-state index contributed by atoms with van der Waals surface area (Å²) in [6, 6.07) is 0. The standard InChI is InChI=1S/C9H21NOS/c1-8(2,3)10-12(7,11)9(4,5)6/h7,10-11H,1-6H3. The van der Waals surface area contributed by atoms with Crippen LogP contribution in [0.5, 0.6) is 0 Å². The molecule has 0 spiro atoms. The Kier molecular flexibility index (Phi) is 3.27.